The Balaban J connectivity index is 1.91. The molecule has 1 N–H and O–H groups in total. The number of thiophene rings is 1. The van der Waals surface area contributed by atoms with Gasteiger partial charge in [0.25, 0.3) is 0 Å². The van der Waals surface area contributed by atoms with Crippen LogP contribution in [0.1, 0.15) is 16.9 Å². The van der Waals surface area contributed by atoms with E-state index in [0.717, 1.165) is 12.1 Å². The maximum atomic E-state index is 10.4. The van der Waals surface area contributed by atoms with E-state index in [1.807, 2.05) is 17.1 Å². The van der Waals surface area contributed by atoms with E-state index in [1.54, 1.807) is 17.4 Å². The number of carboxylic acids is 1. The molecular weight excluding hydrogens is 266 g/mol. The number of hydrogen-bond donors (Lipinski definition) is 1. The van der Waals surface area contributed by atoms with Crippen LogP contribution in [0.5, 0.6) is 0 Å². The summed E-state index contributed by atoms with van der Waals surface area (Å²) in [7, 11) is 2.17. The van der Waals surface area contributed by atoms with E-state index in [1.165, 1.54) is 28.9 Å². The first-order chi connectivity index (χ1) is 8.65. The molecule has 5 heteroatoms. The summed E-state index contributed by atoms with van der Waals surface area (Å²) in [4.78, 5) is 14.1. The largest absolute Gasteiger partial charge is 0.478 e. The van der Waals surface area contributed by atoms with Crippen LogP contribution < -0.4 is 0 Å². The van der Waals surface area contributed by atoms with Gasteiger partial charge in [-0.05, 0) is 42.3 Å². The van der Waals surface area contributed by atoms with Gasteiger partial charge in [-0.25, -0.2) is 4.79 Å². The van der Waals surface area contributed by atoms with Crippen molar-refractivity contribution in [2.24, 2.45) is 0 Å². The Kier molecular flexibility index (Phi) is 4.86. The molecule has 0 aromatic carbocycles. The molecule has 0 amide bonds. The van der Waals surface area contributed by atoms with Crippen molar-refractivity contribution in [2.45, 2.75) is 19.0 Å². The summed E-state index contributed by atoms with van der Waals surface area (Å²) in [5.41, 5.74) is 0.978. The van der Waals surface area contributed by atoms with E-state index >= 15 is 0 Å². The molecule has 1 aliphatic rings. The van der Waals surface area contributed by atoms with E-state index in [0.29, 0.717) is 6.04 Å². The van der Waals surface area contributed by atoms with Crippen LogP contribution in [0.3, 0.4) is 0 Å². The summed E-state index contributed by atoms with van der Waals surface area (Å²) >= 11 is 3.72. The van der Waals surface area contributed by atoms with Crippen molar-refractivity contribution in [3.63, 3.8) is 0 Å². The minimum absolute atomic E-state index is 0.690. The molecule has 0 aliphatic carbocycles. The molecule has 1 aliphatic heterocycles. The van der Waals surface area contributed by atoms with Gasteiger partial charge in [0.05, 0.1) is 0 Å². The molecule has 18 heavy (non-hydrogen) atoms. The smallest absolute Gasteiger partial charge is 0.328 e. The highest BCUT2D eigenvalue weighted by Crippen LogP contribution is 2.24. The highest BCUT2D eigenvalue weighted by atomic mass is 32.2. The predicted octanol–water partition coefficient (Wildman–Crippen LogP) is 2.78. The zero-order valence-electron chi connectivity index (χ0n) is 10.3. The third-order valence-electron chi connectivity index (χ3n) is 3.03. The van der Waals surface area contributed by atoms with Crippen molar-refractivity contribution >= 4 is 35.1 Å². The number of carboxylic acid groups (broad SMARTS) is 1. The number of rotatable bonds is 5. The third-order valence-corrected chi connectivity index (χ3v) is 5.11. The van der Waals surface area contributed by atoms with Crippen molar-refractivity contribution in [3.05, 3.63) is 28.0 Å². The monoisotopic (exact) mass is 283 g/mol. The molecule has 0 saturated carbocycles. The summed E-state index contributed by atoms with van der Waals surface area (Å²) in [6.07, 6.45) is 4.11. The second-order valence-corrected chi connectivity index (χ2v) is 6.60. The molecule has 2 heterocycles. The molecule has 0 spiro atoms. The Hall–Kier alpha value is -0.780. The van der Waals surface area contributed by atoms with Gasteiger partial charge >= 0.3 is 5.97 Å². The van der Waals surface area contributed by atoms with Gasteiger partial charge in [-0.2, -0.15) is 11.8 Å². The van der Waals surface area contributed by atoms with Crippen LogP contribution >= 0.6 is 23.1 Å². The summed E-state index contributed by atoms with van der Waals surface area (Å²) in [6, 6.07) is 2.76. The summed E-state index contributed by atoms with van der Waals surface area (Å²) in [5.74, 6) is 1.60. The van der Waals surface area contributed by atoms with Crippen LogP contribution in [0.25, 0.3) is 6.08 Å². The van der Waals surface area contributed by atoms with Crippen molar-refractivity contribution < 1.29 is 9.90 Å². The molecule has 98 valence electrons. The zero-order valence-corrected chi connectivity index (χ0v) is 12.0. The van der Waals surface area contributed by atoms with E-state index in [4.69, 9.17) is 5.11 Å². The number of thioether (sulfide) groups is 1. The molecule has 1 atom stereocenters. The molecule has 0 radical (unpaired) electrons. The Morgan fingerprint density at radius 2 is 2.50 bits per heavy atom. The lowest BCUT2D eigenvalue weighted by molar-refractivity contribution is -0.131. The fraction of sp³-hybridized carbons (Fsp3) is 0.462. The van der Waals surface area contributed by atoms with E-state index in [2.05, 4.69) is 18.0 Å². The average Bonchev–Trinajstić information content (AvgIpc) is 2.97. The first-order valence-corrected chi connectivity index (χ1v) is 7.95. The van der Waals surface area contributed by atoms with Crippen molar-refractivity contribution in [1.82, 2.24) is 4.90 Å². The van der Waals surface area contributed by atoms with E-state index in [9.17, 15) is 4.79 Å². The number of hydrogen-bond acceptors (Lipinski definition) is 4. The van der Waals surface area contributed by atoms with Gasteiger partial charge in [-0.1, -0.05) is 0 Å². The SMILES string of the molecule is CN(Cc1cc(C=CC(=O)O)cs1)C1CCSC1. The van der Waals surface area contributed by atoms with Crippen LogP contribution in [-0.2, 0) is 11.3 Å². The topological polar surface area (TPSA) is 40.5 Å². The van der Waals surface area contributed by atoms with Crippen LogP contribution in [0.4, 0.5) is 0 Å². The van der Waals surface area contributed by atoms with Crippen LogP contribution in [0, 0.1) is 0 Å². The van der Waals surface area contributed by atoms with Crippen molar-refractivity contribution in [3.8, 4) is 0 Å². The molecule has 1 fully saturated rings. The fourth-order valence-electron chi connectivity index (χ4n) is 1.98. The number of aliphatic carboxylic acids is 1. The van der Waals surface area contributed by atoms with E-state index in [-0.39, 0.29) is 0 Å². The molecule has 2 rings (SSSR count). The van der Waals surface area contributed by atoms with Crippen molar-refractivity contribution in [2.75, 3.05) is 18.6 Å². The average molecular weight is 283 g/mol. The highest BCUT2D eigenvalue weighted by Gasteiger charge is 2.20. The Morgan fingerprint density at radius 3 is 3.17 bits per heavy atom. The lowest BCUT2D eigenvalue weighted by atomic mass is 10.2. The molecule has 1 unspecified atom stereocenters. The van der Waals surface area contributed by atoms with E-state index < -0.39 is 5.97 Å². The highest BCUT2D eigenvalue weighted by molar-refractivity contribution is 7.99. The minimum Gasteiger partial charge on any atom is -0.478 e. The molecule has 1 aromatic rings. The second-order valence-electron chi connectivity index (χ2n) is 4.45. The minimum atomic E-state index is -0.900. The zero-order chi connectivity index (χ0) is 13.0. The van der Waals surface area contributed by atoms with Crippen molar-refractivity contribution in [1.29, 1.82) is 0 Å². The lowest BCUT2D eigenvalue weighted by Crippen LogP contribution is -2.30. The standard InChI is InChI=1S/C13H17NO2S2/c1-14(11-4-5-17-9-11)7-12-6-10(8-18-12)2-3-13(15)16/h2-3,6,8,11H,4-5,7,9H2,1H3,(H,15,16). The van der Waals surface area contributed by atoms with Gasteiger partial charge in [0.2, 0.25) is 0 Å². The molecule has 1 aromatic heterocycles. The second kappa shape index (κ2) is 6.41. The predicted molar refractivity (Wildman–Crippen MR) is 78.2 cm³/mol. The molecule has 3 nitrogen and oxygen atoms in total. The quantitative estimate of drug-likeness (QED) is 0.844. The maximum Gasteiger partial charge on any atom is 0.328 e. The first kappa shape index (κ1) is 13.6. The third kappa shape index (κ3) is 3.86. The summed E-state index contributed by atoms with van der Waals surface area (Å²) in [6.45, 7) is 0.955. The van der Waals surface area contributed by atoms with Gasteiger partial charge in [0, 0.05) is 29.3 Å². The number of nitrogens with zero attached hydrogens (tertiary/aromatic N) is 1. The van der Waals surface area contributed by atoms with Gasteiger partial charge in [-0.3, -0.25) is 4.90 Å². The van der Waals surface area contributed by atoms with Gasteiger partial charge in [-0.15, -0.1) is 11.3 Å². The Bertz CT molecular complexity index is 436. The van der Waals surface area contributed by atoms with Gasteiger partial charge in [0.1, 0.15) is 0 Å². The molecule has 1 saturated heterocycles. The Labute approximate surface area is 115 Å². The van der Waals surface area contributed by atoms with Crippen LogP contribution in [-0.4, -0.2) is 40.6 Å². The lowest BCUT2D eigenvalue weighted by Gasteiger charge is -2.22. The van der Waals surface area contributed by atoms with Crippen LogP contribution in [0.15, 0.2) is 17.5 Å². The van der Waals surface area contributed by atoms with Gasteiger partial charge in [0.15, 0.2) is 0 Å². The van der Waals surface area contributed by atoms with Crippen LogP contribution in [0.2, 0.25) is 0 Å². The molecular formula is C13H17NO2S2. The first-order valence-electron chi connectivity index (χ1n) is 5.91. The Morgan fingerprint density at radius 1 is 1.67 bits per heavy atom. The fourth-order valence-corrected chi connectivity index (χ4v) is 4.20. The maximum absolute atomic E-state index is 10.4. The number of carbonyl (C=O) groups is 1. The molecule has 0 bridgehead atoms. The summed E-state index contributed by atoms with van der Waals surface area (Å²) in [5, 5.41) is 10.6. The van der Waals surface area contributed by atoms with Gasteiger partial charge < -0.3 is 5.11 Å². The normalized spacial score (nSPS) is 20.0. The summed E-state index contributed by atoms with van der Waals surface area (Å²) < 4.78 is 0.